The Hall–Kier alpha value is -1.25. The number of hydrogen-bond acceptors (Lipinski definition) is 5. The van der Waals surface area contributed by atoms with Crippen LogP contribution in [0.15, 0.2) is 17.3 Å². The summed E-state index contributed by atoms with van der Waals surface area (Å²) >= 11 is 5.49. The summed E-state index contributed by atoms with van der Waals surface area (Å²) in [7, 11) is -3.65. The molecule has 1 aliphatic carbocycles. The molecule has 0 bridgehead atoms. The number of amides is 1. The number of nitrogens with one attached hydrogen (secondary N) is 2. The Morgan fingerprint density at radius 2 is 2.00 bits per heavy atom. The van der Waals surface area contributed by atoms with Gasteiger partial charge in [0, 0.05) is 19.0 Å². The van der Waals surface area contributed by atoms with Crippen LogP contribution in [0.4, 0.5) is 0 Å². The summed E-state index contributed by atoms with van der Waals surface area (Å²) in [5.74, 6) is -0.0403. The largest absolute Gasteiger partial charge is 0.353 e. The second-order valence-corrected chi connectivity index (χ2v) is 6.64. The normalized spacial score (nSPS) is 15.1. The fourth-order valence-electron chi connectivity index (χ4n) is 1.51. The van der Waals surface area contributed by atoms with Gasteiger partial charge in [0.25, 0.3) is 0 Å². The molecular weight excluding hydrogens is 304 g/mol. The average Bonchev–Trinajstić information content (AvgIpc) is 3.19. The van der Waals surface area contributed by atoms with Crippen LogP contribution in [-0.4, -0.2) is 36.9 Å². The Bertz CT molecular complexity index is 572. The van der Waals surface area contributed by atoms with Crippen LogP contribution in [-0.2, 0) is 14.8 Å². The molecule has 0 aromatic carbocycles. The molecule has 1 heterocycles. The minimum atomic E-state index is -3.65. The van der Waals surface area contributed by atoms with Crippen molar-refractivity contribution in [2.45, 2.75) is 36.6 Å². The molecule has 110 valence electrons. The molecular formula is C11H15ClN4O3S. The summed E-state index contributed by atoms with van der Waals surface area (Å²) in [6.45, 7) is 0.184. The highest BCUT2D eigenvalue weighted by molar-refractivity contribution is 7.89. The SMILES string of the molecule is O=C(CCCNS(=O)(=O)c1cnc(Cl)nc1)NC1CC1. The maximum atomic E-state index is 11.8. The molecule has 0 atom stereocenters. The van der Waals surface area contributed by atoms with Crippen molar-refractivity contribution < 1.29 is 13.2 Å². The number of nitrogens with zero attached hydrogens (tertiary/aromatic N) is 2. The molecule has 1 saturated carbocycles. The van der Waals surface area contributed by atoms with Crippen LogP contribution in [0.3, 0.4) is 0 Å². The van der Waals surface area contributed by atoms with Crippen molar-refractivity contribution in [3.8, 4) is 0 Å². The topological polar surface area (TPSA) is 101 Å². The first kappa shape index (κ1) is 15.1. The van der Waals surface area contributed by atoms with Crippen molar-refractivity contribution in [2.24, 2.45) is 0 Å². The first-order valence-electron chi connectivity index (χ1n) is 6.24. The Kier molecular flexibility index (Phi) is 4.90. The molecule has 1 aromatic heterocycles. The molecule has 0 radical (unpaired) electrons. The highest BCUT2D eigenvalue weighted by atomic mass is 35.5. The summed E-state index contributed by atoms with van der Waals surface area (Å²) in [6.07, 6.45) is 5.08. The van der Waals surface area contributed by atoms with Crippen molar-refractivity contribution in [3.05, 3.63) is 17.7 Å². The van der Waals surface area contributed by atoms with Crippen LogP contribution in [0.5, 0.6) is 0 Å². The van der Waals surface area contributed by atoms with Crippen LogP contribution < -0.4 is 10.0 Å². The lowest BCUT2D eigenvalue weighted by atomic mass is 10.3. The van der Waals surface area contributed by atoms with Crippen LogP contribution in [0.2, 0.25) is 5.28 Å². The zero-order valence-corrected chi connectivity index (χ0v) is 12.2. The monoisotopic (exact) mass is 318 g/mol. The van der Waals surface area contributed by atoms with E-state index in [2.05, 4.69) is 20.0 Å². The van der Waals surface area contributed by atoms with Crippen molar-refractivity contribution in [3.63, 3.8) is 0 Å². The third-order valence-corrected chi connectivity index (χ3v) is 4.33. The summed E-state index contributed by atoms with van der Waals surface area (Å²) in [5.41, 5.74) is 0. The standard InChI is InChI=1S/C11H15ClN4O3S/c12-11-13-6-9(7-14-11)20(18,19)15-5-1-2-10(17)16-8-3-4-8/h6-8,15H,1-5H2,(H,16,17). The Morgan fingerprint density at radius 3 is 2.60 bits per heavy atom. The maximum Gasteiger partial charge on any atom is 0.243 e. The number of rotatable bonds is 7. The van der Waals surface area contributed by atoms with E-state index in [0.29, 0.717) is 18.9 Å². The van der Waals surface area contributed by atoms with Gasteiger partial charge in [0.15, 0.2) is 0 Å². The third-order valence-electron chi connectivity index (χ3n) is 2.72. The zero-order valence-electron chi connectivity index (χ0n) is 10.7. The van der Waals surface area contributed by atoms with Crippen molar-refractivity contribution in [1.82, 2.24) is 20.0 Å². The quantitative estimate of drug-likeness (QED) is 0.562. The van der Waals surface area contributed by atoms with Gasteiger partial charge in [0.1, 0.15) is 4.90 Å². The number of carbonyl (C=O) groups excluding carboxylic acids is 1. The highest BCUT2D eigenvalue weighted by Crippen LogP contribution is 2.18. The molecule has 9 heteroatoms. The first-order valence-corrected chi connectivity index (χ1v) is 8.10. The Balaban J connectivity index is 1.74. The van der Waals surface area contributed by atoms with Crippen LogP contribution in [0.1, 0.15) is 25.7 Å². The predicted molar refractivity (Wildman–Crippen MR) is 72.6 cm³/mol. The minimum absolute atomic E-state index is 0.0132. The molecule has 7 nitrogen and oxygen atoms in total. The number of halogens is 1. The molecule has 1 fully saturated rings. The van der Waals surface area contributed by atoms with E-state index in [0.717, 1.165) is 25.2 Å². The number of aromatic nitrogens is 2. The fraction of sp³-hybridized carbons (Fsp3) is 0.545. The van der Waals surface area contributed by atoms with E-state index in [1.54, 1.807) is 0 Å². The van der Waals surface area contributed by atoms with Crippen molar-refractivity contribution in [2.75, 3.05) is 6.54 Å². The number of carbonyl (C=O) groups is 1. The predicted octanol–water partition coefficient (Wildman–Crippen LogP) is 0.467. The second kappa shape index (κ2) is 6.47. The van der Waals surface area contributed by atoms with Gasteiger partial charge >= 0.3 is 0 Å². The molecule has 1 aliphatic rings. The molecule has 20 heavy (non-hydrogen) atoms. The molecule has 1 aromatic rings. The van der Waals surface area contributed by atoms with Crippen molar-refractivity contribution in [1.29, 1.82) is 0 Å². The van der Waals surface area contributed by atoms with E-state index in [9.17, 15) is 13.2 Å². The fourth-order valence-corrected chi connectivity index (χ4v) is 2.57. The summed E-state index contributed by atoms with van der Waals surface area (Å²) < 4.78 is 26.1. The second-order valence-electron chi connectivity index (χ2n) is 4.53. The Morgan fingerprint density at radius 1 is 1.35 bits per heavy atom. The lowest BCUT2D eigenvalue weighted by molar-refractivity contribution is -0.121. The zero-order chi connectivity index (χ0) is 14.6. The summed E-state index contributed by atoms with van der Waals surface area (Å²) in [4.78, 5) is 18.6. The van der Waals surface area contributed by atoms with Gasteiger partial charge in [-0.25, -0.2) is 23.1 Å². The first-order chi connectivity index (χ1) is 9.47. The Labute approximate surface area is 122 Å². The average molecular weight is 319 g/mol. The van der Waals surface area contributed by atoms with E-state index in [1.165, 1.54) is 0 Å². The number of sulfonamides is 1. The third kappa shape index (κ3) is 4.69. The smallest absolute Gasteiger partial charge is 0.243 e. The van der Waals surface area contributed by atoms with Gasteiger partial charge in [0.05, 0.1) is 12.4 Å². The van der Waals surface area contributed by atoms with Crippen LogP contribution in [0, 0.1) is 0 Å². The number of hydrogen-bond donors (Lipinski definition) is 2. The van der Waals surface area contributed by atoms with Gasteiger partial charge in [-0.15, -0.1) is 0 Å². The molecule has 0 saturated heterocycles. The van der Waals surface area contributed by atoms with E-state index in [-0.39, 0.29) is 22.6 Å². The van der Waals surface area contributed by atoms with Gasteiger partial charge < -0.3 is 5.32 Å². The molecule has 1 amide bonds. The highest BCUT2D eigenvalue weighted by Gasteiger charge is 2.22. The summed E-state index contributed by atoms with van der Waals surface area (Å²) in [6, 6.07) is 0.324. The van der Waals surface area contributed by atoms with Gasteiger partial charge in [-0.05, 0) is 30.9 Å². The molecule has 2 N–H and O–H groups in total. The molecule has 0 unspecified atom stereocenters. The van der Waals surface area contributed by atoms with Gasteiger partial charge in [0.2, 0.25) is 21.2 Å². The van der Waals surface area contributed by atoms with Crippen LogP contribution in [0.25, 0.3) is 0 Å². The molecule has 0 spiro atoms. The lowest BCUT2D eigenvalue weighted by Gasteiger charge is -2.06. The van der Waals surface area contributed by atoms with Crippen LogP contribution >= 0.6 is 11.6 Å². The van der Waals surface area contributed by atoms with E-state index in [1.807, 2.05) is 0 Å². The van der Waals surface area contributed by atoms with E-state index >= 15 is 0 Å². The van der Waals surface area contributed by atoms with E-state index in [4.69, 9.17) is 11.6 Å². The van der Waals surface area contributed by atoms with Gasteiger partial charge in [-0.3, -0.25) is 4.79 Å². The molecule has 0 aliphatic heterocycles. The van der Waals surface area contributed by atoms with Gasteiger partial charge in [-0.1, -0.05) is 0 Å². The lowest BCUT2D eigenvalue weighted by Crippen LogP contribution is -2.28. The van der Waals surface area contributed by atoms with Gasteiger partial charge in [-0.2, -0.15) is 0 Å². The minimum Gasteiger partial charge on any atom is -0.353 e. The van der Waals surface area contributed by atoms with E-state index < -0.39 is 10.0 Å². The summed E-state index contributed by atoms with van der Waals surface area (Å²) in [5, 5.41) is 2.83. The van der Waals surface area contributed by atoms with Crippen molar-refractivity contribution >= 4 is 27.5 Å². The maximum absolute atomic E-state index is 11.8. The molecule has 2 rings (SSSR count).